The van der Waals surface area contributed by atoms with Crippen LogP contribution in [0, 0.1) is 0 Å². The van der Waals surface area contributed by atoms with Crippen molar-refractivity contribution in [3.05, 3.63) is 0 Å². The predicted molar refractivity (Wildman–Crippen MR) is 68.2 cm³/mol. The van der Waals surface area contributed by atoms with Crippen LogP contribution in [0.2, 0.25) is 0 Å². The predicted octanol–water partition coefficient (Wildman–Crippen LogP) is 2.76. The zero-order valence-corrected chi connectivity index (χ0v) is 11.9. The topological polar surface area (TPSA) is 27.7 Å². The standard InChI is InChI=1S/C12H23BrO3/c1-14-8-10(9-15-2)16-12-7-5-3-4-6-11(12)13/h10-12H,3-9H2,1-2H3. The van der Waals surface area contributed by atoms with Gasteiger partial charge in [0.25, 0.3) is 0 Å². The summed E-state index contributed by atoms with van der Waals surface area (Å²) < 4.78 is 16.4. The molecule has 0 N–H and O–H groups in total. The third kappa shape index (κ3) is 5.13. The monoisotopic (exact) mass is 294 g/mol. The van der Waals surface area contributed by atoms with Crippen molar-refractivity contribution >= 4 is 15.9 Å². The van der Waals surface area contributed by atoms with E-state index in [1.165, 1.54) is 25.7 Å². The Balaban J connectivity index is 2.40. The van der Waals surface area contributed by atoms with Crippen molar-refractivity contribution in [2.45, 2.75) is 49.1 Å². The molecule has 1 saturated carbocycles. The van der Waals surface area contributed by atoms with E-state index in [9.17, 15) is 0 Å². The molecule has 2 unspecified atom stereocenters. The van der Waals surface area contributed by atoms with Gasteiger partial charge in [-0.1, -0.05) is 35.2 Å². The Morgan fingerprint density at radius 1 is 1.06 bits per heavy atom. The first-order valence-corrected chi connectivity index (χ1v) is 6.97. The minimum atomic E-state index is 0.0538. The zero-order chi connectivity index (χ0) is 11.8. The second-order valence-electron chi connectivity index (χ2n) is 4.36. The molecule has 1 aliphatic rings. The van der Waals surface area contributed by atoms with Crippen LogP contribution in [-0.2, 0) is 14.2 Å². The van der Waals surface area contributed by atoms with E-state index in [-0.39, 0.29) is 6.10 Å². The molecule has 0 saturated heterocycles. The molecule has 0 amide bonds. The highest BCUT2D eigenvalue weighted by Gasteiger charge is 2.25. The van der Waals surface area contributed by atoms with Crippen molar-refractivity contribution < 1.29 is 14.2 Å². The van der Waals surface area contributed by atoms with Crippen LogP contribution in [0.25, 0.3) is 0 Å². The van der Waals surface area contributed by atoms with Crippen LogP contribution in [0.1, 0.15) is 32.1 Å². The summed E-state index contributed by atoms with van der Waals surface area (Å²) in [6.45, 7) is 1.20. The Bertz CT molecular complexity index is 172. The average molecular weight is 295 g/mol. The van der Waals surface area contributed by atoms with Gasteiger partial charge in [0.15, 0.2) is 0 Å². The minimum absolute atomic E-state index is 0.0538. The molecule has 0 radical (unpaired) electrons. The summed E-state index contributed by atoms with van der Waals surface area (Å²) in [4.78, 5) is 0.478. The molecule has 0 aromatic rings. The Kier molecular flexibility index (Phi) is 7.62. The van der Waals surface area contributed by atoms with Gasteiger partial charge < -0.3 is 14.2 Å². The van der Waals surface area contributed by atoms with Crippen LogP contribution in [-0.4, -0.2) is 44.5 Å². The van der Waals surface area contributed by atoms with Gasteiger partial charge in [-0.05, 0) is 12.8 Å². The summed E-state index contributed by atoms with van der Waals surface area (Å²) in [6, 6.07) is 0. The van der Waals surface area contributed by atoms with Crippen LogP contribution >= 0.6 is 15.9 Å². The van der Waals surface area contributed by atoms with E-state index in [1.54, 1.807) is 14.2 Å². The highest BCUT2D eigenvalue weighted by molar-refractivity contribution is 9.09. The fourth-order valence-electron chi connectivity index (χ4n) is 2.13. The number of alkyl halides is 1. The van der Waals surface area contributed by atoms with Gasteiger partial charge in [-0.3, -0.25) is 0 Å². The molecule has 1 fully saturated rings. The minimum Gasteiger partial charge on any atom is -0.382 e. The molecule has 0 spiro atoms. The van der Waals surface area contributed by atoms with Crippen molar-refractivity contribution in [2.24, 2.45) is 0 Å². The Labute approximate surface area is 107 Å². The van der Waals surface area contributed by atoms with E-state index in [0.717, 1.165) is 6.42 Å². The maximum Gasteiger partial charge on any atom is 0.104 e. The molecule has 0 bridgehead atoms. The lowest BCUT2D eigenvalue weighted by Gasteiger charge is -2.26. The fourth-order valence-corrected chi connectivity index (χ4v) is 2.84. The lowest BCUT2D eigenvalue weighted by molar-refractivity contribution is -0.0792. The van der Waals surface area contributed by atoms with Gasteiger partial charge in [0, 0.05) is 19.0 Å². The van der Waals surface area contributed by atoms with Crippen molar-refractivity contribution in [1.82, 2.24) is 0 Å². The number of hydrogen-bond donors (Lipinski definition) is 0. The van der Waals surface area contributed by atoms with E-state index >= 15 is 0 Å². The van der Waals surface area contributed by atoms with Crippen molar-refractivity contribution in [3.63, 3.8) is 0 Å². The van der Waals surface area contributed by atoms with Crippen LogP contribution in [0.15, 0.2) is 0 Å². The van der Waals surface area contributed by atoms with E-state index in [2.05, 4.69) is 15.9 Å². The van der Waals surface area contributed by atoms with Crippen molar-refractivity contribution in [3.8, 4) is 0 Å². The lowest BCUT2D eigenvalue weighted by atomic mass is 10.1. The lowest BCUT2D eigenvalue weighted by Crippen LogP contribution is -2.34. The van der Waals surface area contributed by atoms with E-state index in [1.807, 2.05) is 0 Å². The first-order chi connectivity index (χ1) is 7.77. The molecular formula is C12H23BrO3. The third-order valence-corrected chi connectivity index (χ3v) is 3.99. The van der Waals surface area contributed by atoms with Gasteiger partial charge in [0.1, 0.15) is 6.10 Å². The van der Waals surface area contributed by atoms with Gasteiger partial charge in [0.2, 0.25) is 0 Å². The number of ether oxygens (including phenoxy) is 3. The van der Waals surface area contributed by atoms with Gasteiger partial charge in [-0.15, -0.1) is 0 Å². The average Bonchev–Trinajstić information content (AvgIpc) is 2.45. The first-order valence-electron chi connectivity index (χ1n) is 6.05. The van der Waals surface area contributed by atoms with Gasteiger partial charge in [-0.2, -0.15) is 0 Å². The van der Waals surface area contributed by atoms with Crippen molar-refractivity contribution in [1.29, 1.82) is 0 Å². The third-order valence-electron chi connectivity index (χ3n) is 2.94. The highest BCUT2D eigenvalue weighted by atomic mass is 79.9. The summed E-state index contributed by atoms with van der Waals surface area (Å²) in [5, 5.41) is 0. The zero-order valence-electron chi connectivity index (χ0n) is 10.3. The maximum atomic E-state index is 6.07. The Hall–Kier alpha value is 0.360. The second kappa shape index (κ2) is 8.45. The summed E-state index contributed by atoms with van der Waals surface area (Å²) in [5.74, 6) is 0. The number of methoxy groups -OCH3 is 2. The number of halogens is 1. The Morgan fingerprint density at radius 2 is 1.69 bits per heavy atom. The van der Waals surface area contributed by atoms with E-state index < -0.39 is 0 Å². The molecule has 1 aliphatic carbocycles. The summed E-state index contributed by atoms with van der Waals surface area (Å²) in [5.41, 5.74) is 0. The van der Waals surface area contributed by atoms with Crippen LogP contribution in [0.5, 0.6) is 0 Å². The first kappa shape index (κ1) is 14.4. The molecule has 3 nitrogen and oxygen atoms in total. The molecule has 1 rings (SSSR count). The molecule has 0 aromatic heterocycles. The normalized spacial score (nSPS) is 27.0. The smallest absolute Gasteiger partial charge is 0.104 e. The van der Waals surface area contributed by atoms with E-state index in [0.29, 0.717) is 24.1 Å². The number of rotatable bonds is 6. The molecule has 4 heteroatoms. The molecule has 0 aliphatic heterocycles. The second-order valence-corrected chi connectivity index (χ2v) is 5.54. The highest BCUT2D eigenvalue weighted by Crippen LogP contribution is 2.26. The van der Waals surface area contributed by atoms with Crippen molar-refractivity contribution in [2.75, 3.05) is 27.4 Å². The van der Waals surface area contributed by atoms with Crippen LogP contribution in [0.4, 0.5) is 0 Å². The summed E-state index contributed by atoms with van der Waals surface area (Å²) in [7, 11) is 3.40. The van der Waals surface area contributed by atoms with E-state index in [4.69, 9.17) is 14.2 Å². The molecule has 96 valence electrons. The SMILES string of the molecule is COCC(COC)OC1CCCCCC1Br. The van der Waals surface area contributed by atoms with Gasteiger partial charge in [0.05, 0.1) is 19.3 Å². The fraction of sp³-hybridized carbons (Fsp3) is 1.00. The molecule has 0 heterocycles. The largest absolute Gasteiger partial charge is 0.382 e. The number of hydrogen-bond acceptors (Lipinski definition) is 3. The van der Waals surface area contributed by atoms with Gasteiger partial charge in [-0.25, -0.2) is 0 Å². The maximum absolute atomic E-state index is 6.07. The summed E-state index contributed by atoms with van der Waals surface area (Å²) in [6.07, 6.45) is 6.59. The molecular weight excluding hydrogens is 272 g/mol. The van der Waals surface area contributed by atoms with Crippen LogP contribution in [0.3, 0.4) is 0 Å². The van der Waals surface area contributed by atoms with Crippen LogP contribution < -0.4 is 0 Å². The summed E-state index contributed by atoms with van der Waals surface area (Å²) >= 11 is 3.73. The van der Waals surface area contributed by atoms with Gasteiger partial charge >= 0.3 is 0 Å². The Morgan fingerprint density at radius 3 is 2.31 bits per heavy atom. The quantitative estimate of drug-likeness (QED) is 0.557. The molecule has 2 atom stereocenters. The molecule has 16 heavy (non-hydrogen) atoms. The molecule has 0 aromatic carbocycles.